The predicted molar refractivity (Wildman–Crippen MR) is 165 cm³/mol. The molecule has 4 atom stereocenters. The molecule has 2 aromatic rings. The fourth-order valence-corrected chi connectivity index (χ4v) is 7.85. The zero-order valence-corrected chi connectivity index (χ0v) is 26.5. The third-order valence-electron chi connectivity index (χ3n) is 7.96. The summed E-state index contributed by atoms with van der Waals surface area (Å²) in [5, 5.41) is 25.0. The number of rotatable bonds is 19. The van der Waals surface area contributed by atoms with E-state index in [4.69, 9.17) is 5.73 Å². The number of hydrogen-bond acceptors (Lipinski definition) is 9. The molecule has 1 unspecified atom stereocenters. The molecular weight excluding hydrogens is 594 g/mol. The van der Waals surface area contributed by atoms with Crippen molar-refractivity contribution in [1.29, 1.82) is 0 Å². The third-order valence-corrected chi connectivity index (χ3v) is 10.9. The Morgan fingerprint density at radius 1 is 1.12 bits per heavy atom. The minimum absolute atomic E-state index is 0.0581. The summed E-state index contributed by atoms with van der Waals surface area (Å²) in [5.41, 5.74) is 6.90. The standard InChI is InChI=1S/C29H47N5O7S2/c1-2-3-15-32-42(38,39)20-27(35)28(36)25(17-23-12-8-5-9-13-23)33-26(29(30)37)18-24-19-34(21-31-24)43(40,41)16-14-22-10-6-4-7-11-22/h4,6-7,10-11,19,21,23,25-28,32-33,35-36H,2-3,5,8-9,12-18,20H2,1H3,(H2,30,37)/t25?,26-,27+,28-/m0/s1. The minimum Gasteiger partial charge on any atom is -0.389 e. The highest BCUT2D eigenvalue weighted by Crippen LogP contribution is 2.29. The van der Waals surface area contributed by atoms with Crippen LogP contribution in [0.4, 0.5) is 0 Å². The SMILES string of the molecule is CCCCNS(=O)(=O)C[C@@H](O)[C@@H](O)C(CC1CCCCC1)N[C@@H](Cc1cn(S(=O)(=O)CCc2ccccc2)cn1)C(N)=O. The highest BCUT2D eigenvalue weighted by Gasteiger charge is 2.34. The van der Waals surface area contributed by atoms with Crippen LogP contribution in [0.1, 0.15) is 69.5 Å². The maximum Gasteiger partial charge on any atom is 0.240 e. The van der Waals surface area contributed by atoms with Gasteiger partial charge in [-0.3, -0.25) is 4.79 Å². The first-order chi connectivity index (χ1) is 20.4. The van der Waals surface area contributed by atoms with Crippen molar-refractivity contribution in [2.24, 2.45) is 11.7 Å². The van der Waals surface area contributed by atoms with E-state index in [2.05, 4.69) is 15.0 Å². The van der Waals surface area contributed by atoms with Crippen LogP contribution < -0.4 is 15.8 Å². The number of aromatic nitrogens is 2. The Kier molecular flexibility index (Phi) is 13.6. The highest BCUT2D eigenvalue weighted by molar-refractivity contribution is 7.90. The van der Waals surface area contributed by atoms with E-state index in [1.165, 1.54) is 12.5 Å². The minimum atomic E-state index is -3.84. The van der Waals surface area contributed by atoms with Crippen LogP contribution in [0.3, 0.4) is 0 Å². The van der Waals surface area contributed by atoms with Gasteiger partial charge in [-0.15, -0.1) is 0 Å². The molecule has 0 aliphatic heterocycles. The van der Waals surface area contributed by atoms with Gasteiger partial charge in [0.2, 0.25) is 26.0 Å². The molecular formula is C29H47N5O7S2. The number of nitrogens with two attached hydrogens (primary N) is 1. The van der Waals surface area contributed by atoms with Crippen LogP contribution in [0.15, 0.2) is 42.9 Å². The summed E-state index contributed by atoms with van der Waals surface area (Å²) < 4.78 is 54.2. The Balaban J connectivity index is 1.71. The molecule has 43 heavy (non-hydrogen) atoms. The summed E-state index contributed by atoms with van der Waals surface area (Å²) in [6.45, 7) is 2.17. The summed E-state index contributed by atoms with van der Waals surface area (Å²) in [7, 11) is -7.55. The second-order valence-electron chi connectivity index (χ2n) is 11.5. The number of carbonyl (C=O) groups is 1. The zero-order valence-electron chi connectivity index (χ0n) is 24.8. The maximum atomic E-state index is 12.9. The highest BCUT2D eigenvalue weighted by atomic mass is 32.2. The van der Waals surface area contributed by atoms with Crippen molar-refractivity contribution in [1.82, 2.24) is 19.0 Å². The lowest BCUT2D eigenvalue weighted by Crippen LogP contribution is -2.56. The second kappa shape index (κ2) is 16.6. The van der Waals surface area contributed by atoms with Gasteiger partial charge in [-0.25, -0.2) is 30.5 Å². The van der Waals surface area contributed by atoms with Crippen LogP contribution in [0.5, 0.6) is 0 Å². The molecule has 3 rings (SSSR count). The molecule has 1 amide bonds. The summed E-state index contributed by atoms with van der Waals surface area (Å²) in [6, 6.07) is 7.36. The van der Waals surface area contributed by atoms with Gasteiger partial charge in [-0.2, -0.15) is 0 Å². The van der Waals surface area contributed by atoms with E-state index in [0.29, 0.717) is 25.0 Å². The van der Waals surface area contributed by atoms with Crippen LogP contribution in [-0.2, 0) is 37.7 Å². The fraction of sp³-hybridized carbons (Fsp3) is 0.655. The molecule has 1 aliphatic rings. The Bertz CT molecular complexity index is 1350. The van der Waals surface area contributed by atoms with Crippen LogP contribution in [0, 0.1) is 5.92 Å². The second-order valence-corrected chi connectivity index (χ2v) is 15.4. The van der Waals surface area contributed by atoms with Crippen molar-refractivity contribution in [3.05, 3.63) is 54.1 Å². The number of primary amides is 1. The number of nitrogens with zero attached hydrogens (tertiary/aromatic N) is 2. The number of sulfonamides is 1. The van der Waals surface area contributed by atoms with Crippen LogP contribution in [-0.4, -0.2) is 84.3 Å². The van der Waals surface area contributed by atoms with Gasteiger partial charge in [0.25, 0.3) is 0 Å². The molecule has 6 N–H and O–H groups in total. The van der Waals surface area contributed by atoms with Crippen molar-refractivity contribution in [3.8, 4) is 0 Å². The van der Waals surface area contributed by atoms with E-state index in [-0.39, 0.29) is 24.6 Å². The Hall–Kier alpha value is -2.36. The van der Waals surface area contributed by atoms with Crippen LogP contribution in [0.25, 0.3) is 0 Å². The molecule has 1 heterocycles. The number of aryl methyl sites for hydroxylation is 1. The van der Waals surface area contributed by atoms with Crippen LogP contribution in [0.2, 0.25) is 0 Å². The smallest absolute Gasteiger partial charge is 0.240 e. The largest absolute Gasteiger partial charge is 0.389 e. The molecule has 12 nitrogen and oxygen atoms in total. The molecule has 1 saturated carbocycles. The summed E-state index contributed by atoms with van der Waals surface area (Å²) in [6.07, 6.45) is 6.56. The molecule has 1 aromatic heterocycles. The monoisotopic (exact) mass is 641 g/mol. The van der Waals surface area contributed by atoms with E-state index in [1.54, 1.807) is 0 Å². The lowest BCUT2D eigenvalue weighted by molar-refractivity contribution is -0.120. The zero-order chi connectivity index (χ0) is 31.5. The van der Waals surface area contributed by atoms with Gasteiger partial charge in [0.1, 0.15) is 6.33 Å². The van der Waals surface area contributed by atoms with E-state index in [1.807, 2.05) is 37.3 Å². The average Bonchev–Trinajstić information content (AvgIpc) is 3.45. The number of imidazole rings is 1. The number of amides is 1. The van der Waals surface area contributed by atoms with E-state index in [0.717, 1.165) is 48.1 Å². The lowest BCUT2D eigenvalue weighted by atomic mass is 9.83. The number of aliphatic hydroxyl groups excluding tert-OH is 2. The predicted octanol–water partition coefficient (Wildman–Crippen LogP) is 1.07. The number of hydrogen-bond donors (Lipinski definition) is 5. The number of aliphatic hydroxyl groups is 2. The van der Waals surface area contributed by atoms with Gasteiger partial charge in [0, 0.05) is 25.2 Å². The summed E-state index contributed by atoms with van der Waals surface area (Å²) in [5.74, 6) is -1.35. The topological polar surface area (TPSA) is 194 Å². The third kappa shape index (κ3) is 11.6. The summed E-state index contributed by atoms with van der Waals surface area (Å²) >= 11 is 0. The molecule has 0 saturated heterocycles. The van der Waals surface area contributed by atoms with Gasteiger partial charge >= 0.3 is 0 Å². The molecule has 0 spiro atoms. The molecule has 242 valence electrons. The van der Waals surface area contributed by atoms with E-state index in [9.17, 15) is 31.8 Å². The number of unbranched alkanes of at least 4 members (excludes halogenated alkanes) is 1. The first-order valence-electron chi connectivity index (χ1n) is 15.1. The van der Waals surface area contributed by atoms with Crippen molar-refractivity contribution in [2.75, 3.05) is 18.1 Å². The molecule has 14 heteroatoms. The first kappa shape index (κ1) is 35.1. The Morgan fingerprint density at radius 2 is 1.81 bits per heavy atom. The lowest BCUT2D eigenvalue weighted by Gasteiger charge is -2.34. The first-order valence-corrected chi connectivity index (χ1v) is 18.3. The van der Waals surface area contributed by atoms with Crippen molar-refractivity contribution in [2.45, 2.75) is 95.4 Å². The average molecular weight is 642 g/mol. The van der Waals surface area contributed by atoms with Gasteiger partial charge in [-0.05, 0) is 30.7 Å². The molecule has 0 bridgehead atoms. The van der Waals surface area contributed by atoms with Crippen LogP contribution >= 0.6 is 0 Å². The van der Waals surface area contributed by atoms with Crippen molar-refractivity contribution < 1.29 is 31.8 Å². The normalized spacial score (nSPS) is 17.7. The fourth-order valence-electron chi connectivity index (χ4n) is 5.45. The number of nitrogens with one attached hydrogen (secondary N) is 2. The molecule has 1 aliphatic carbocycles. The van der Waals surface area contributed by atoms with E-state index < -0.39 is 56.0 Å². The molecule has 0 radical (unpaired) electrons. The summed E-state index contributed by atoms with van der Waals surface area (Å²) in [4.78, 5) is 16.7. The Morgan fingerprint density at radius 3 is 2.47 bits per heavy atom. The maximum absolute atomic E-state index is 12.9. The molecule has 1 fully saturated rings. The number of carbonyl (C=O) groups excluding carboxylic acids is 1. The van der Waals surface area contributed by atoms with Gasteiger partial charge in [-0.1, -0.05) is 75.8 Å². The van der Waals surface area contributed by atoms with Gasteiger partial charge in [0.05, 0.1) is 35.4 Å². The van der Waals surface area contributed by atoms with Crippen molar-refractivity contribution >= 4 is 26.0 Å². The quantitative estimate of drug-likeness (QED) is 0.140. The Labute approximate surface area is 255 Å². The van der Waals surface area contributed by atoms with Gasteiger partial charge in [0.15, 0.2) is 0 Å². The number of benzene rings is 1. The van der Waals surface area contributed by atoms with E-state index >= 15 is 0 Å². The van der Waals surface area contributed by atoms with Crippen molar-refractivity contribution in [3.63, 3.8) is 0 Å². The molecule has 1 aromatic carbocycles. The van der Waals surface area contributed by atoms with Gasteiger partial charge < -0.3 is 21.3 Å².